The van der Waals surface area contributed by atoms with E-state index >= 15 is 0 Å². The predicted octanol–water partition coefficient (Wildman–Crippen LogP) is 3.42. The van der Waals surface area contributed by atoms with Gasteiger partial charge in [0, 0.05) is 30.2 Å². The Kier molecular flexibility index (Phi) is 5.54. The van der Waals surface area contributed by atoms with Gasteiger partial charge in [-0.1, -0.05) is 29.8 Å². The molecule has 110 valence electrons. The van der Waals surface area contributed by atoms with Crippen LogP contribution in [0.2, 0.25) is 5.02 Å². The lowest BCUT2D eigenvalue weighted by atomic mass is 10.2. The molecular weight excluding hydrogens is 292 g/mol. The van der Waals surface area contributed by atoms with E-state index in [2.05, 4.69) is 5.32 Å². The van der Waals surface area contributed by atoms with E-state index in [0.29, 0.717) is 24.7 Å². The summed E-state index contributed by atoms with van der Waals surface area (Å²) in [5.41, 5.74) is 0.969. The van der Waals surface area contributed by atoms with Crippen LogP contribution in [0.3, 0.4) is 0 Å². The van der Waals surface area contributed by atoms with Crippen molar-refractivity contribution in [2.24, 2.45) is 0 Å². The SMILES string of the molecule is O=[N+]([O-])c1cccc(CNCCOc2cccc(Cl)c2)c1. The van der Waals surface area contributed by atoms with Crippen molar-refractivity contribution < 1.29 is 9.66 Å². The van der Waals surface area contributed by atoms with Crippen LogP contribution in [0.5, 0.6) is 5.75 Å². The van der Waals surface area contributed by atoms with Gasteiger partial charge in [0.05, 0.1) is 4.92 Å². The molecule has 1 N–H and O–H groups in total. The highest BCUT2D eigenvalue weighted by molar-refractivity contribution is 6.30. The maximum Gasteiger partial charge on any atom is 0.269 e. The standard InChI is InChI=1S/C15H15ClN2O3/c16-13-4-2-6-15(10-13)21-8-7-17-11-12-3-1-5-14(9-12)18(19)20/h1-6,9-10,17H,7-8,11H2. The molecule has 0 saturated heterocycles. The summed E-state index contributed by atoms with van der Waals surface area (Å²) in [6.45, 7) is 1.69. The summed E-state index contributed by atoms with van der Waals surface area (Å²) in [5, 5.41) is 14.5. The number of halogens is 1. The summed E-state index contributed by atoms with van der Waals surface area (Å²) in [6, 6.07) is 13.8. The molecule has 0 radical (unpaired) electrons. The second kappa shape index (κ2) is 7.61. The van der Waals surface area contributed by atoms with Crippen LogP contribution in [0.15, 0.2) is 48.5 Å². The van der Waals surface area contributed by atoms with Crippen molar-refractivity contribution in [3.05, 3.63) is 69.2 Å². The summed E-state index contributed by atoms with van der Waals surface area (Å²) >= 11 is 5.85. The predicted molar refractivity (Wildman–Crippen MR) is 81.8 cm³/mol. The van der Waals surface area contributed by atoms with Gasteiger partial charge in [-0.2, -0.15) is 0 Å². The van der Waals surface area contributed by atoms with E-state index in [1.807, 2.05) is 18.2 Å². The fraction of sp³-hybridized carbons (Fsp3) is 0.200. The third-order valence-electron chi connectivity index (χ3n) is 2.79. The van der Waals surface area contributed by atoms with Crippen LogP contribution < -0.4 is 10.1 Å². The molecule has 5 nitrogen and oxygen atoms in total. The maximum absolute atomic E-state index is 10.7. The third-order valence-corrected chi connectivity index (χ3v) is 3.03. The van der Waals surface area contributed by atoms with Crippen LogP contribution in [0.25, 0.3) is 0 Å². The summed E-state index contributed by atoms with van der Waals surface area (Å²) in [6.07, 6.45) is 0. The first-order valence-corrected chi connectivity index (χ1v) is 6.85. The number of non-ortho nitro benzene ring substituents is 1. The lowest BCUT2D eigenvalue weighted by molar-refractivity contribution is -0.384. The van der Waals surface area contributed by atoms with Gasteiger partial charge in [0.25, 0.3) is 5.69 Å². The van der Waals surface area contributed by atoms with Crippen LogP contribution in [-0.4, -0.2) is 18.1 Å². The van der Waals surface area contributed by atoms with Gasteiger partial charge in [-0.3, -0.25) is 10.1 Å². The summed E-state index contributed by atoms with van der Waals surface area (Å²) in [4.78, 5) is 10.3. The number of nitrogens with one attached hydrogen (secondary N) is 1. The largest absolute Gasteiger partial charge is 0.492 e. The molecule has 0 aromatic heterocycles. The van der Waals surface area contributed by atoms with Gasteiger partial charge in [-0.15, -0.1) is 0 Å². The second-order valence-corrected chi connectivity index (χ2v) is 4.85. The molecule has 0 amide bonds. The van der Waals surface area contributed by atoms with E-state index < -0.39 is 4.92 Å². The Morgan fingerprint density at radius 1 is 1.19 bits per heavy atom. The van der Waals surface area contributed by atoms with E-state index in [4.69, 9.17) is 16.3 Å². The van der Waals surface area contributed by atoms with Crippen LogP contribution in [0.4, 0.5) is 5.69 Å². The molecule has 6 heteroatoms. The van der Waals surface area contributed by atoms with E-state index in [0.717, 1.165) is 11.3 Å². The molecule has 0 heterocycles. The minimum atomic E-state index is -0.397. The van der Waals surface area contributed by atoms with Crippen LogP contribution >= 0.6 is 11.6 Å². The Morgan fingerprint density at radius 3 is 2.76 bits per heavy atom. The highest BCUT2D eigenvalue weighted by atomic mass is 35.5. The Morgan fingerprint density at radius 2 is 2.00 bits per heavy atom. The number of nitro benzene ring substituents is 1. The van der Waals surface area contributed by atoms with Crippen molar-refractivity contribution in [1.29, 1.82) is 0 Å². The van der Waals surface area contributed by atoms with Gasteiger partial charge in [0.2, 0.25) is 0 Å². The van der Waals surface area contributed by atoms with Crippen molar-refractivity contribution >= 4 is 17.3 Å². The molecular formula is C15H15ClN2O3. The summed E-state index contributed by atoms with van der Waals surface area (Å²) in [7, 11) is 0. The first kappa shape index (κ1) is 15.3. The number of hydrogen-bond acceptors (Lipinski definition) is 4. The number of nitro groups is 1. The highest BCUT2D eigenvalue weighted by Gasteiger charge is 2.04. The number of rotatable bonds is 7. The van der Waals surface area contributed by atoms with Gasteiger partial charge in [-0.05, 0) is 23.8 Å². The zero-order chi connectivity index (χ0) is 15.1. The average molecular weight is 307 g/mol. The van der Waals surface area contributed by atoms with Crippen molar-refractivity contribution in [3.8, 4) is 5.75 Å². The van der Waals surface area contributed by atoms with Crippen molar-refractivity contribution in [3.63, 3.8) is 0 Å². The number of hydrogen-bond donors (Lipinski definition) is 1. The monoisotopic (exact) mass is 306 g/mol. The molecule has 0 atom stereocenters. The lowest BCUT2D eigenvalue weighted by Crippen LogP contribution is -2.20. The molecule has 0 fully saturated rings. The average Bonchev–Trinajstić information content (AvgIpc) is 2.47. The Bertz CT molecular complexity index is 619. The Labute approximate surface area is 127 Å². The lowest BCUT2D eigenvalue weighted by Gasteiger charge is -2.08. The molecule has 2 rings (SSSR count). The molecule has 0 aliphatic heterocycles. The smallest absolute Gasteiger partial charge is 0.269 e. The third kappa shape index (κ3) is 5.06. The molecule has 0 unspecified atom stereocenters. The van der Waals surface area contributed by atoms with Crippen molar-refractivity contribution in [1.82, 2.24) is 5.32 Å². The minimum Gasteiger partial charge on any atom is -0.492 e. The van der Waals surface area contributed by atoms with Gasteiger partial charge in [0.15, 0.2) is 0 Å². The zero-order valence-corrected chi connectivity index (χ0v) is 12.0. The van der Waals surface area contributed by atoms with Crippen LogP contribution in [0, 0.1) is 10.1 Å². The van der Waals surface area contributed by atoms with Gasteiger partial charge in [-0.25, -0.2) is 0 Å². The van der Waals surface area contributed by atoms with E-state index in [1.165, 1.54) is 6.07 Å². The quantitative estimate of drug-likeness (QED) is 0.483. The van der Waals surface area contributed by atoms with Crippen molar-refractivity contribution in [2.45, 2.75) is 6.54 Å². The van der Waals surface area contributed by atoms with Crippen LogP contribution in [-0.2, 0) is 6.54 Å². The summed E-state index contributed by atoms with van der Waals surface area (Å²) in [5.74, 6) is 0.722. The number of nitrogens with zero attached hydrogens (tertiary/aromatic N) is 1. The first-order chi connectivity index (χ1) is 10.1. The molecule has 0 aliphatic rings. The molecule has 0 aliphatic carbocycles. The number of ether oxygens (including phenoxy) is 1. The fourth-order valence-corrected chi connectivity index (χ4v) is 1.99. The van der Waals surface area contributed by atoms with Gasteiger partial charge in [0.1, 0.15) is 12.4 Å². The molecule has 0 saturated carbocycles. The zero-order valence-electron chi connectivity index (χ0n) is 11.3. The van der Waals surface area contributed by atoms with Crippen LogP contribution in [0.1, 0.15) is 5.56 Å². The molecule has 0 bridgehead atoms. The Hall–Kier alpha value is -2.11. The fourth-order valence-electron chi connectivity index (χ4n) is 1.81. The molecule has 0 spiro atoms. The van der Waals surface area contributed by atoms with E-state index in [1.54, 1.807) is 24.3 Å². The van der Waals surface area contributed by atoms with Gasteiger partial charge >= 0.3 is 0 Å². The van der Waals surface area contributed by atoms with E-state index in [9.17, 15) is 10.1 Å². The van der Waals surface area contributed by atoms with E-state index in [-0.39, 0.29) is 5.69 Å². The molecule has 2 aromatic carbocycles. The highest BCUT2D eigenvalue weighted by Crippen LogP contribution is 2.16. The second-order valence-electron chi connectivity index (χ2n) is 4.41. The minimum absolute atomic E-state index is 0.101. The van der Waals surface area contributed by atoms with Gasteiger partial charge < -0.3 is 10.1 Å². The molecule has 21 heavy (non-hydrogen) atoms. The summed E-state index contributed by atoms with van der Waals surface area (Å²) < 4.78 is 5.53. The van der Waals surface area contributed by atoms with Crippen molar-refractivity contribution in [2.75, 3.05) is 13.2 Å². The maximum atomic E-state index is 10.7. The number of benzene rings is 2. The Balaban J connectivity index is 1.72. The normalized spacial score (nSPS) is 10.3. The topological polar surface area (TPSA) is 64.4 Å². The molecule has 2 aromatic rings. The first-order valence-electron chi connectivity index (χ1n) is 6.47.